The molecule has 122 valence electrons. The van der Waals surface area contributed by atoms with Crippen LogP contribution in [0.2, 0.25) is 0 Å². The van der Waals surface area contributed by atoms with Gasteiger partial charge in [0.25, 0.3) is 0 Å². The van der Waals surface area contributed by atoms with Gasteiger partial charge in [0, 0.05) is 13.1 Å². The monoisotopic (exact) mass is 329 g/mol. The molecule has 0 bridgehead atoms. The number of benzene rings is 1. The molecule has 1 aliphatic rings. The van der Waals surface area contributed by atoms with Gasteiger partial charge in [0.2, 0.25) is 5.91 Å². The Kier molecular flexibility index (Phi) is 5.16. The lowest BCUT2D eigenvalue weighted by molar-refractivity contribution is -0.130. The van der Waals surface area contributed by atoms with E-state index in [1.165, 1.54) is 24.6 Å². The molecule has 1 fully saturated rings. The quantitative estimate of drug-likeness (QED) is 0.803. The van der Waals surface area contributed by atoms with Crippen molar-refractivity contribution in [2.24, 2.45) is 0 Å². The van der Waals surface area contributed by atoms with Crippen LogP contribution in [0, 0.1) is 6.92 Å². The Hall–Kier alpha value is -1.62. The molecule has 0 aliphatic carbocycles. The fourth-order valence-corrected chi connectivity index (χ4v) is 3.90. The molecule has 5 heteroatoms. The standard InChI is InChI=1S/C18H23N3OS/c1-13-17(20-16-10-6-5-9-15(16)19-13)23-14(2)18(22)21-11-7-3-4-8-12-21/h5-6,9-10,14H,3-4,7-8,11-12H2,1-2H3. The van der Waals surface area contributed by atoms with Crippen LogP contribution in [0.15, 0.2) is 29.3 Å². The summed E-state index contributed by atoms with van der Waals surface area (Å²) in [6, 6.07) is 7.87. The van der Waals surface area contributed by atoms with E-state index >= 15 is 0 Å². The summed E-state index contributed by atoms with van der Waals surface area (Å²) in [5.41, 5.74) is 2.68. The Bertz CT molecular complexity index is 696. The molecule has 0 radical (unpaired) electrons. The summed E-state index contributed by atoms with van der Waals surface area (Å²) >= 11 is 1.53. The Balaban J connectivity index is 1.75. The zero-order chi connectivity index (χ0) is 16.2. The average molecular weight is 329 g/mol. The van der Waals surface area contributed by atoms with E-state index in [1.54, 1.807) is 0 Å². The maximum atomic E-state index is 12.7. The number of amides is 1. The first-order valence-corrected chi connectivity index (χ1v) is 9.22. The van der Waals surface area contributed by atoms with Crippen molar-refractivity contribution in [2.45, 2.75) is 49.8 Å². The first-order valence-electron chi connectivity index (χ1n) is 8.34. The number of carbonyl (C=O) groups is 1. The molecule has 0 saturated carbocycles. The molecule has 2 heterocycles. The molecular formula is C18H23N3OS. The molecule has 1 aliphatic heterocycles. The highest BCUT2D eigenvalue weighted by Crippen LogP contribution is 2.27. The van der Waals surface area contributed by atoms with Crippen LogP contribution in [-0.2, 0) is 4.79 Å². The first-order chi connectivity index (χ1) is 11.1. The first kappa shape index (κ1) is 16.2. The van der Waals surface area contributed by atoms with E-state index in [1.807, 2.05) is 43.0 Å². The second-order valence-corrected chi connectivity index (χ2v) is 7.43. The molecule has 3 rings (SSSR count). The third-order valence-electron chi connectivity index (χ3n) is 4.26. The third-order valence-corrected chi connectivity index (χ3v) is 5.42. The Morgan fingerprint density at radius 3 is 2.35 bits per heavy atom. The Morgan fingerprint density at radius 1 is 1.09 bits per heavy atom. The van der Waals surface area contributed by atoms with Crippen molar-refractivity contribution in [3.63, 3.8) is 0 Å². The molecule has 1 unspecified atom stereocenters. The molecule has 1 aromatic carbocycles. The maximum absolute atomic E-state index is 12.7. The van der Waals surface area contributed by atoms with Gasteiger partial charge in [0.1, 0.15) is 5.03 Å². The lowest BCUT2D eigenvalue weighted by atomic mass is 10.2. The van der Waals surface area contributed by atoms with E-state index in [2.05, 4.69) is 4.98 Å². The molecule has 1 atom stereocenters. The maximum Gasteiger partial charge on any atom is 0.235 e. The minimum atomic E-state index is -0.123. The van der Waals surface area contributed by atoms with Crippen molar-refractivity contribution in [2.75, 3.05) is 13.1 Å². The second-order valence-electron chi connectivity index (χ2n) is 6.10. The predicted molar refractivity (Wildman–Crippen MR) is 94.6 cm³/mol. The number of para-hydroxylation sites is 2. The molecule has 1 aromatic heterocycles. The second kappa shape index (κ2) is 7.30. The minimum Gasteiger partial charge on any atom is -0.342 e. The summed E-state index contributed by atoms with van der Waals surface area (Å²) in [6.45, 7) is 5.73. The smallest absolute Gasteiger partial charge is 0.235 e. The molecule has 23 heavy (non-hydrogen) atoms. The topological polar surface area (TPSA) is 46.1 Å². The zero-order valence-electron chi connectivity index (χ0n) is 13.8. The van der Waals surface area contributed by atoms with Crippen molar-refractivity contribution in [1.82, 2.24) is 14.9 Å². The van der Waals surface area contributed by atoms with Gasteiger partial charge >= 0.3 is 0 Å². The van der Waals surface area contributed by atoms with Gasteiger partial charge in [0.15, 0.2) is 0 Å². The summed E-state index contributed by atoms with van der Waals surface area (Å²) in [5.74, 6) is 0.228. The van der Waals surface area contributed by atoms with Crippen molar-refractivity contribution in [1.29, 1.82) is 0 Å². The largest absolute Gasteiger partial charge is 0.342 e. The fraction of sp³-hybridized carbons (Fsp3) is 0.500. The molecule has 1 amide bonds. The van der Waals surface area contributed by atoms with Crippen molar-refractivity contribution in [3.05, 3.63) is 30.0 Å². The van der Waals surface area contributed by atoms with Crippen LogP contribution in [0.3, 0.4) is 0 Å². The van der Waals surface area contributed by atoms with E-state index in [0.717, 1.165) is 47.7 Å². The predicted octanol–water partition coefficient (Wildman–Crippen LogP) is 3.82. The van der Waals surface area contributed by atoms with Gasteiger partial charge in [-0.15, -0.1) is 0 Å². The van der Waals surface area contributed by atoms with Gasteiger partial charge in [-0.25, -0.2) is 9.97 Å². The van der Waals surface area contributed by atoms with Gasteiger partial charge in [-0.2, -0.15) is 0 Å². The van der Waals surface area contributed by atoms with Crippen molar-refractivity contribution in [3.8, 4) is 0 Å². The van der Waals surface area contributed by atoms with Crippen LogP contribution in [0.1, 0.15) is 38.3 Å². The number of hydrogen-bond donors (Lipinski definition) is 0. The number of thioether (sulfide) groups is 1. The van der Waals surface area contributed by atoms with Gasteiger partial charge in [-0.1, -0.05) is 36.7 Å². The van der Waals surface area contributed by atoms with E-state index in [0.29, 0.717) is 0 Å². The van der Waals surface area contributed by atoms with Crippen LogP contribution in [0.25, 0.3) is 11.0 Å². The molecule has 2 aromatic rings. The fourth-order valence-electron chi connectivity index (χ4n) is 2.95. The number of rotatable bonds is 3. The number of nitrogens with zero attached hydrogens (tertiary/aromatic N) is 3. The van der Waals surface area contributed by atoms with E-state index in [9.17, 15) is 4.79 Å². The van der Waals surface area contributed by atoms with Crippen LogP contribution in [0.5, 0.6) is 0 Å². The van der Waals surface area contributed by atoms with Crippen molar-refractivity contribution < 1.29 is 4.79 Å². The highest BCUT2D eigenvalue weighted by Gasteiger charge is 2.23. The zero-order valence-corrected chi connectivity index (χ0v) is 14.6. The van der Waals surface area contributed by atoms with Crippen LogP contribution >= 0.6 is 11.8 Å². The lowest BCUT2D eigenvalue weighted by Crippen LogP contribution is -2.37. The molecule has 0 N–H and O–H groups in total. The normalized spacial score (nSPS) is 17.0. The molecule has 1 saturated heterocycles. The number of carbonyl (C=O) groups excluding carboxylic acids is 1. The summed E-state index contributed by atoms with van der Waals surface area (Å²) in [5, 5.41) is 0.738. The number of hydrogen-bond acceptors (Lipinski definition) is 4. The van der Waals surface area contributed by atoms with Gasteiger partial charge in [-0.05, 0) is 38.8 Å². The number of aromatic nitrogens is 2. The Morgan fingerprint density at radius 2 is 1.70 bits per heavy atom. The van der Waals surface area contributed by atoms with Crippen LogP contribution in [0.4, 0.5) is 0 Å². The summed E-state index contributed by atoms with van der Waals surface area (Å²) in [7, 11) is 0. The van der Waals surface area contributed by atoms with Gasteiger partial charge in [0.05, 0.1) is 22.0 Å². The molecule has 0 spiro atoms. The molecule has 4 nitrogen and oxygen atoms in total. The van der Waals surface area contributed by atoms with E-state index in [-0.39, 0.29) is 11.2 Å². The van der Waals surface area contributed by atoms with E-state index < -0.39 is 0 Å². The summed E-state index contributed by atoms with van der Waals surface area (Å²) < 4.78 is 0. The van der Waals surface area contributed by atoms with E-state index in [4.69, 9.17) is 4.98 Å². The molecular weight excluding hydrogens is 306 g/mol. The SMILES string of the molecule is Cc1nc2ccccc2nc1SC(C)C(=O)N1CCCCCC1. The summed E-state index contributed by atoms with van der Waals surface area (Å²) in [6.07, 6.45) is 4.72. The van der Waals surface area contributed by atoms with Gasteiger partial charge in [-0.3, -0.25) is 4.79 Å². The number of likely N-dealkylation sites (tertiary alicyclic amines) is 1. The summed E-state index contributed by atoms with van der Waals surface area (Å²) in [4.78, 5) is 24.0. The highest BCUT2D eigenvalue weighted by atomic mass is 32.2. The lowest BCUT2D eigenvalue weighted by Gasteiger charge is -2.23. The van der Waals surface area contributed by atoms with Gasteiger partial charge < -0.3 is 4.90 Å². The average Bonchev–Trinajstić information content (AvgIpc) is 2.84. The third kappa shape index (κ3) is 3.83. The highest BCUT2D eigenvalue weighted by molar-refractivity contribution is 8.00. The van der Waals surface area contributed by atoms with Crippen LogP contribution < -0.4 is 0 Å². The minimum absolute atomic E-state index is 0.123. The Labute approximate surface area is 141 Å². The van der Waals surface area contributed by atoms with Crippen molar-refractivity contribution >= 4 is 28.7 Å². The number of aryl methyl sites for hydroxylation is 1. The van der Waals surface area contributed by atoms with Crippen LogP contribution in [-0.4, -0.2) is 39.1 Å². The number of fused-ring (bicyclic) bond motifs is 1.